The van der Waals surface area contributed by atoms with Gasteiger partial charge in [-0.05, 0) is 25.5 Å². The van der Waals surface area contributed by atoms with Crippen molar-refractivity contribution in [3.63, 3.8) is 0 Å². The summed E-state index contributed by atoms with van der Waals surface area (Å²) in [5.74, 6) is -0.108. The third-order valence-electron chi connectivity index (χ3n) is 2.24. The average Bonchev–Trinajstić information content (AvgIpc) is 2.25. The Morgan fingerprint density at radius 1 is 1.50 bits per heavy atom. The van der Waals surface area contributed by atoms with Crippen molar-refractivity contribution in [1.29, 1.82) is 10.8 Å². The Morgan fingerprint density at radius 3 is 2.61 bits per heavy atom. The van der Waals surface area contributed by atoms with Gasteiger partial charge in [-0.25, -0.2) is 0 Å². The number of aromatic nitrogens is 1. The quantitative estimate of drug-likeness (QED) is 0.488. The topological polar surface area (TPSA) is 102 Å². The summed E-state index contributed by atoms with van der Waals surface area (Å²) in [4.78, 5) is 5.84. The van der Waals surface area contributed by atoms with Crippen molar-refractivity contribution < 1.29 is 0 Å². The molecule has 0 atom stereocenters. The first-order valence-corrected chi connectivity index (χ1v) is 5.36. The minimum Gasteiger partial charge on any atom is -0.370 e. The molecule has 18 heavy (non-hydrogen) atoms. The highest BCUT2D eigenvalue weighted by molar-refractivity contribution is 5.94. The Kier molecular flexibility index (Phi) is 6.74. The van der Waals surface area contributed by atoms with Crippen LogP contribution < -0.4 is 11.1 Å². The second kappa shape index (κ2) is 7.50. The Bertz CT molecular complexity index is 392. The lowest BCUT2D eigenvalue weighted by atomic mass is 10.2. The molecule has 0 aliphatic heterocycles. The summed E-state index contributed by atoms with van der Waals surface area (Å²) in [6.45, 7) is 4.52. The highest BCUT2D eigenvalue weighted by atomic mass is 35.5. The molecule has 1 heterocycles. The van der Waals surface area contributed by atoms with Gasteiger partial charge < -0.3 is 10.6 Å². The van der Waals surface area contributed by atoms with Crippen LogP contribution >= 0.6 is 12.4 Å². The number of nitrogens with zero attached hydrogens (tertiary/aromatic N) is 2. The summed E-state index contributed by atoms with van der Waals surface area (Å²) >= 11 is 0. The van der Waals surface area contributed by atoms with Gasteiger partial charge in [0, 0.05) is 25.0 Å². The Labute approximate surface area is 113 Å². The normalized spacial score (nSPS) is 9.50. The fourth-order valence-electron chi connectivity index (χ4n) is 1.41. The van der Waals surface area contributed by atoms with Gasteiger partial charge in [0.25, 0.3) is 0 Å². The van der Waals surface area contributed by atoms with E-state index in [1.54, 1.807) is 17.3 Å². The largest absolute Gasteiger partial charge is 0.370 e. The van der Waals surface area contributed by atoms with E-state index >= 15 is 0 Å². The van der Waals surface area contributed by atoms with Crippen LogP contribution in [0.3, 0.4) is 0 Å². The van der Waals surface area contributed by atoms with Crippen molar-refractivity contribution in [3.05, 3.63) is 30.1 Å². The summed E-state index contributed by atoms with van der Waals surface area (Å²) in [5.41, 5.74) is 6.23. The molecule has 0 bridgehead atoms. The lowest BCUT2D eigenvalue weighted by Gasteiger charge is -2.29. The summed E-state index contributed by atoms with van der Waals surface area (Å²) in [6, 6.07) is 3.94. The molecule has 0 aliphatic carbocycles. The minimum absolute atomic E-state index is 0. The maximum Gasteiger partial charge on any atom is 0.198 e. The molecule has 6 nitrogen and oxygen atoms in total. The predicted octanol–water partition coefficient (Wildman–Crippen LogP) is 1.13. The smallest absolute Gasteiger partial charge is 0.198 e. The molecular formula is C11H19ClN6. The third-order valence-corrected chi connectivity index (χ3v) is 2.24. The standard InChI is InChI=1S/C11H18N6.ClH/c1-8(2)17(11(14)16-10(12)13)7-9-4-3-5-15-6-9;/h3-6,8H,7H2,1-2H3,(H5,12,13,14,16);1H. The second-order valence-corrected chi connectivity index (χ2v) is 3.97. The SMILES string of the molecule is CC(C)N(Cc1cccnc1)C(=N)NC(=N)N.Cl. The van der Waals surface area contributed by atoms with Gasteiger partial charge >= 0.3 is 0 Å². The van der Waals surface area contributed by atoms with Crippen LogP contribution in [0.2, 0.25) is 0 Å². The molecule has 0 fully saturated rings. The van der Waals surface area contributed by atoms with E-state index in [1.165, 1.54) is 0 Å². The number of pyridine rings is 1. The number of nitrogens with one attached hydrogen (secondary N) is 3. The van der Waals surface area contributed by atoms with Gasteiger partial charge in [-0.15, -0.1) is 12.4 Å². The van der Waals surface area contributed by atoms with Crippen LogP contribution in [0.25, 0.3) is 0 Å². The summed E-state index contributed by atoms with van der Waals surface area (Å²) in [5, 5.41) is 17.4. The molecule has 0 amide bonds. The van der Waals surface area contributed by atoms with Crippen LogP contribution in [0.4, 0.5) is 0 Å². The first-order chi connectivity index (χ1) is 8.00. The van der Waals surface area contributed by atoms with E-state index in [0.29, 0.717) is 6.54 Å². The van der Waals surface area contributed by atoms with Crippen molar-refractivity contribution in [2.24, 2.45) is 5.73 Å². The first kappa shape index (κ1) is 16.2. The molecule has 0 saturated heterocycles. The molecule has 0 spiro atoms. The average molecular weight is 271 g/mol. The summed E-state index contributed by atoms with van der Waals surface area (Å²) < 4.78 is 0. The van der Waals surface area contributed by atoms with Crippen LogP contribution in [0.5, 0.6) is 0 Å². The fourth-order valence-corrected chi connectivity index (χ4v) is 1.41. The Hall–Kier alpha value is -1.82. The molecule has 1 rings (SSSR count). The maximum absolute atomic E-state index is 7.83. The van der Waals surface area contributed by atoms with E-state index in [-0.39, 0.29) is 30.4 Å². The Balaban J connectivity index is 0.00000289. The molecule has 0 aliphatic rings. The van der Waals surface area contributed by atoms with Gasteiger partial charge in [-0.3, -0.25) is 21.1 Å². The number of nitrogens with two attached hydrogens (primary N) is 1. The van der Waals surface area contributed by atoms with E-state index in [2.05, 4.69) is 10.3 Å². The lowest BCUT2D eigenvalue weighted by molar-refractivity contribution is 0.332. The number of hydrogen-bond donors (Lipinski definition) is 4. The van der Waals surface area contributed by atoms with Crippen LogP contribution in [-0.4, -0.2) is 27.8 Å². The summed E-state index contributed by atoms with van der Waals surface area (Å²) in [6.07, 6.45) is 3.47. The van der Waals surface area contributed by atoms with E-state index in [0.717, 1.165) is 5.56 Å². The zero-order chi connectivity index (χ0) is 12.8. The highest BCUT2D eigenvalue weighted by Crippen LogP contribution is 2.06. The van der Waals surface area contributed by atoms with Gasteiger partial charge in [0.05, 0.1) is 0 Å². The first-order valence-electron chi connectivity index (χ1n) is 5.36. The molecule has 0 unspecified atom stereocenters. The second-order valence-electron chi connectivity index (χ2n) is 3.97. The van der Waals surface area contributed by atoms with Crippen molar-refractivity contribution in [2.45, 2.75) is 26.4 Å². The van der Waals surface area contributed by atoms with Crippen molar-refractivity contribution in [3.8, 4) is 0 Å². The Morgan fingerprint density at radius 2 is 2.17 bits per heavy atom. The monoisotopic (exact) mass is 270 g/mol. The van der Waals surface area contributed by atoms with E-state index in [9.17, 15) is 0 Å². The molecule has 0 aromatic carbocycles. The van der Waals surface area contributed by atoms with Gasteiger partial charge in [0.1, 0.15) is 0 Å². The van der Waals surface area contributed by atoms with Crippen molar-refractivity contribution in [2.75, 3.05) is 0 Å². The van der Waals surface area contributed by atoms with Gasteiger partial charge in [-0.2, -0.15) is 0 Å². The molecule has 0 radical (unpaired) electrons. The number of halogens is 1. The highest BCUT2D eigenvalue weighted by Gasteiger charge is 2.14. The van der Waals surface area contributed by atoms with Crippen molar-refractivity contribution >= 4 is 24.3 Å². The van der Waals surface area contributed by atoms with Crippen LogP contribution in [0.1, 0.15) is 19.4 Å². The molecule has 5 N–H and O–H groups in total. The van der Waals surface area contributed by atoms with Crippen LogP contribution in [0.15, 0.2) is 24.5 Å². The van der Waals surface area contributed by atoms with Crippen LogP contribution in [-0.2, 0) is 6.54 Å². The van der Waals surface area contributed by atoms with Crippen LogP contribution in [0, 0.1) is 10.8 Å². The van der Waals surface area contributed by atoms with E-state index in [1.807, 2.05) is 26.0 Å². The zero-order valence-electron chi connectivity index (χ0n) is 10.5. The maximum atomic E-state index is 7.83. The van der Waals surface area contributed by atoms with Gasteiger partial charge in [-0.1, -0.05) is 6.07 Å². The molecule has 7 heteroatoms. The van der Waals surface area contributed by atoms with Gasteiger partial charge in [0.2, 0.25) is 0 Å². The molecular weight excluding hydrogens is 252 g/mol. The summed E-state index contributed by atoms with van der Waals surface area (Å²) in [7, 11) is 0. The molecule has 0 saturated carbocycles. The van der Waals surface area contributed by atoms with Gasteiger partial charge in [0.15, 0.2) is 11.9 Å². The number of guanidine groups is 2. The third kappa shape index (κ3) is 5.01. The molecule has 1 aromatic rings. The fraction of sp³-hybridized carbons (Fsp3) is 0.364. The van der Waals surface area contributed by atoms with E-state index in [4.69, 9.17) is 16.6 Å². The lowest BCUT2D eigenvalue weighted by Crippen LogP contribution is -2.48. The predicted molar refractivity (Wildman–Crippen MR) is 74.9 cm³/mol. The van der Waals surface area contributed by atoms with E-state index < -0.39 is 0 Å². The molecule has 1 aromatic heterocycles. The number of rotatable bonds is 3. The molecule has 100 valence electrons. The minimum atomic E-state index is -0.230. The van der Waals surface area contributed by atoms with Crippen molar-refractivity contribution in [1.82, 2.24) is 15.2 Å². The number of hydrogen-bond acceptors (Lipinski definition) is 3. The zero-order valence-corrected chi connectivity index (χ0v) is 11.3.